The highest BCUT2D eigenvalue weighted by Crippen LogP contribution is 2.72. The molecule has 3 nitrogen and oxygen atoms in total. The molecule has 3 aliphatic rings. The Morgan fingerprint density at radius 1 is 0.231 bits per heavy atom. The molecule has 3 aliphatic carbocycles. The summed E-state index contributed by atoms with van der Waals surface area (Å²) in [5.41, 5.74) is 32.1. The molecule has 0 aliphatic heterocycles. The highest BCUT2D eigenvalue weighted by atomic mass is 15.2. The van der Waals surface area contributed by atoms with Gasteiger partial charge < -0.3 is 14.7 Å². The van der Waals surface area contributed by atoms with Crippen LogP contribution in [0.3, 0.4) is 0 Å². The number of nitrogens with zero attached hydrogens (tertiary/aromatic N) is 3. The van der Waals surface area contributed by atoms with Crippen molar-refractivity contribution in [1.29, 1.82) is 0 Å². The fraction of sp³-hybridized carbons (Fsp3) is 0.371. The highest BCUT2D eigenvalue weighted by molar-refractivity contribution is 6.06. The third-order valence-corrected chi connectivity index (χ3v) is 25.0. The molecule has 0 heterocycles. The van der Waals surface area contributed by atoms with Gasteiger partial charge in [0.25, 0.3) is 0 Å². The minimum atomic E-state index is -0.312. The highest BCUT2D eigenvalue weighted by Gasteiger charge is 2.58. The zero-order chi connectivity index (χ0) is 74.9. The SMILES string of the molecule is C=Cc1ccc(N(c2ccccc2)c2ccc3c(c2)C(CCCCCC)(CCCCCC)c2c-3c3c(c4c2-c2ccc(N(c5ccccc5)c5ccc(C=C)cc5)cc2C4(CCCCCC)CCCCCC)-c2ccc(N(c4ccccc4)c4ccc(C=C)cc4)cc2C3(CCCCCC)CCCCCC)cc1. The summed E-state index contributed by atoms with van der Waals surface area (Å²) in [5, 5.41) is 0. The number of rotatable bonds is 42. The summed E-state index contributed by atoms with van der Waals surface area (Å²) in [6.45, 7) is 27.1. The lowest BCUT2D eigenvalue weighted by Gasteiger charge is -2.40. The van der Waals surface area contributed by atoms with E-state index in [1.54, 1.807) is 50.1 Å². The first kappa shape index (κ1) is 77.0. The van der Waals surface area contributed by atoms with Crippen molar-refractivity contribution in [3.63, 3.8) is 0 Å². The van der Waals surface area contributed by atoms with Crippen molar-refractivity contribution in [1.82, 2.24) is 0 Å². The molecular formula is C105H123N3. The third kappa shape index (κ3) is 15.5. The standard InChI is InChI=1S/C105H123N3/c1-10-19-25-40-70-103(71-41-26-20-11-2)94-76-88(106(82-46-34-31-35-47-82)85-58-52-79(16-7)53-59-85)64-67-91(94)97-100(103)98-92-68-65-89(107(83-48-36-32-37-49-83)86-60-54-80(17-8)55-61-86)77-95(92)104(72-42-27-21-12-3,73-43-28-22-13-4)102(98)99-93-69-66-90(108(84-50-38-33-39-51-84)87-62-56-81(18-9)57-63-87)78-96(93)105(101(97)99,74-44-29-23-14-5)75-45-30-24-15-6/h16-18,31-39,46-69,76-78H,7-15,19-30,40-45,70-75H2,1-6H3. The van der Waals surface area contributed by atoms with Crippen molar-refractivity contribution in [2.75, 3.05) is 14.7 Å². The molecule has 0 saturated heterocycles. The van der Waals surface area contributed by atoms with Crippen molar-refractivity contribution < 1.29 is 0 Å². The van der Waals surface area contributed by atoms with E-state index < -0.39 is 0 Å². The van der Waals surface area contributed by atoms with Gasteiger partial charge in [-0.3, -0.25) is 0 Å². The summed E-state index contributed by atoms with van der Waals surface area (Å²) in [5.74, 6) is 0. The summed E-state index contributed by atoms with van der Waals surface area (Å²) < 4.78 is 0. The smallest absolute Gasteiger partial charge is 0.0465 e. The zero-order valence-corrected chi connectivity index (χ0v) is 66.7. The molecule has 0 saturated carbocycles. The molecule has 0 N–H and O–H groups in total. The van der Waals surface area contributed by atoms with E-state index in [9.17, 15) is 0 Å². The van der Waals surface area contributed by atoms with Crippen molar-refractivity contribution in [2.45, 2.75) is 250 Å². The van der Waals surface area contributed by atoms with Crippen molar-refractivity contribution in [3.8, 4) is 33.4 Å². The van der Waals surface area contributed by atoms with Crippen LogP contribution in [0.2, 0.25) is 0 Å². The fourth-order valence-electron chi connectivity index (χ4n) is 19.7. The molecule has 10 aromatic rings. The van der Waals surface area contributed by atoms with E-state index in [4.69, 9.17) is 0 Å². The van der Waals surface area contributed by atoms with Crippen molar-refractivity contribution >= 4 is 69.4 Å². The van der Waals surface area contributed by atoms with Gasteiger partial charge >= 0.3 is 0 Å². The minimum Gasteiger partial charge on any atom is -0.310 e. The van der Waals surface area contributed by atoms with Gasteiger partial charge in [0, 0.05) is 67.4 Å². The second kappa shape index (κ2) is 36.4. The van der Waals surface area contributed by atoms with E-state index in [0.29, 0.717) is 0 Å². The van der Waals surface area contributed by atoms with Crippen LogP contribution >= 0.6 is 0 Å². The van der Waals surface area contributed by atoms with Crippen LogP contribution in [0.1, 0.15) is 284 Å². The Kier molecular flexibility index (Phi) is 25.9. The van der Waals surface area contributed by atoms with E-state index in [0.717, 1.165) is 72.3 Å². The molecule has 558 valence electrons. The average molecular weight is 1430 g/mol. The molecule has 0 atom stereocenters. The predicted octanol–water partition coefficient (Wildman–Crippen LogP) is 32.6. The van der Waals surface area contributed by atoms with Crippen LogP contribution < -0.4 is 14.7 Å². The Hall–Kier alpha value is -9.18. The molecule has 0 spiro atoms. The van der Waals surface area contributed by atoms with Gasteiger partial charge in [-0.15, -0.1) is 0 Å². The molecule has 0 bridgehead atoms. The monoisotopic (exact) mass is 1430 g/mol. The van der Waals surface area contributed by atoms with Crippen LogP contribution in [0, 0.1) is 0 Å². The second-order valence-corrected chi connectivity index (χ2v) is 31.9. The fourth-order valence-corrected chi connectivity index (χ4v) is 19.7. The number of hydrogen-bond donors (Lipinski definition) is 0. The van der Waals surface area contributed by atoms with Crippen LogP contribution in [-0.2, 0) is 16.2 Å². The molecule has 108 heavy (non-hydrogen) atoms. The quantitative estimate of drug-likeness (QED) is 0.0353. The number of hydrogen-bond acceptors (Lipinski definition) is 3. The van der Waals surface area contributed by atoms with E-state index in [1.165, 1.54) is 205 Å². The van der Waals surface area contributed by atoms with Gasteiger partial charge in [-0.25, -0.2) is 0 Å². The van der Waals surface area contributed by atoms with Crippen molar-refractivity contribution in [2.24, 2.45) is 0 Å². The number of anilines is 9. The Morgan fingerprint density at radius 3 is 0.639 bits per heavy atom. The van der Waals surface area contributed by atoms with Crippen molar-refractivity contribution in [3.05, 3.63) is 288 Å². The van der Waals surface area contributed by atoms with Gasteiger partial charge in [0.15, 0.2) is 0 Å². The minimum absolute atomic E-state index is 0.312. The Labute approximate surface area is 652 Å². The molecule has 0 unspecified atom stereocenters. The van der Waals surface area contributed by atoms with Crippen LogP contribution in [0.4, 0.5) is 51.2 Å². The summed E-state index contributed by atoms with van der Waals surface area (Å²) in [6.07, 6.45) is 41.6. The summed E-state index contributed by atoms with van der Waals surface area (Å²) >= 11 is 0. The Bertz CT molecular complexity index is 4070. The molecule has 0 aromatic heterocycles. The molecule has 13 rings (SSSR count). The predicted molar refractivity (Wildman–Crippen MR) is 472 cm³/mol. The first-order valence-corrected chi connectivity index (χ1v) is 42.6. The van der Waals surface area contributed by atoms with Gasteiger partial charge in [0.05, 0.1) is 0 Å². The van der Waals surface area contributed by atoms with E-state index in [2.05, 4.69) is 294 Å². The number of fused-ring (bicyclic) bond motifs is 12. The van der Waals surface area contributed by atoms with Crippen LogP contribution in [0.15, 0.2) is 238 Å². The largest absolute Gasteiger partial charge is 0.310 e. The third-order valence-electron chi connectivity index (χ3n) is 25.0. The van der Waals surface area contributed by atoms with Gasteiger partial charge in [0.1, 0.15) is 0 Å². The first-order chi connectivity index (χ1) is 53.2. The maximum atomic E-state index is 4.22. The van der Waals surface area contributed by atoms with Gasteiger partial charge in [0.2, 0.25) is 0 Å². The molecule has 0 fully saturated rings. The summed E-state index contributed by atoms with van der Waals surface area (Å²) in [4.78, 5) is 7.69. The lowest BCUT2D eigenvalue weighted by molar-refractivity contribution is 0.389. The Morgan fingerprint density at radius 2 is 0.435 bits per heavy atom. The van der Waals surface area contributed by atoms with Gasteiger partial charge in [-0.1, -0.05) is 343 Å². The van der Waals surface area contributed by atoms with Crippen LogP contribution in [-0.4, -0.2) is 0 Å². The average Bonchev–Trinajstić information content (AvgIpc) is 1.48. The van der Waals surface area contributed by atoms with Crippen LogP contribution in [0.25, 0.3) is 51.6 Å². The Balaban J connectivity index is 1.23. The first-order valence-electron chi connectivity index (χ1n) is 42.6. The van der Waals surface area contributed by atoms with E-state index >= 15 is 0 Å². The second-order valence-electron chi connectivity index (χ2n) is 31.9. The maximum Gasteiger partial charge on any atom is 0.0465 e. The summed E-state index contributed by atoms with van der Waals surface area (Å²) in [6, 6.07) is 85.2. The number of unbranched alkanes of at least 4 members (excludes halogenated alkanes) is 18. The number of para-hydroxylation sites is 3. The lowest BCUT2D eigenvalue weighted by atomic mass is 9.63. The summed E-state index contributed by atoms with van der Waals surface area (Å²) in [7, 11) is 0. The van der Waals surface area contributed by atoms with Gasteiger partial charge in [-0.05, 0) is 231 Å². The molecule has 0 radical (unpaired) electrons. The zero-order valence-electron chi connectivity index (χ0n) is 66.7. The normalized spacial score (nSPS) is 13.6. The van der Waals surface area contributed by atoms with E-state index in [1.807, 2.05) is 18.2 Å². The topological polar surface area (TPSA) is 9.72 Å². The van der Waals surface area contributed by atoms with E-state index in [-0.39, 0.29) is 16.2 Å². The maximum absolute atomic E-state index is 4.22. The molecule has 0 amide bonds. The van der Waals surface area contributed by atoms with Crippen LogP contribution in [0.5, 0.6) is 0 Å². The lowest BCUT2D eigenvalue weighted by Crippen LogP contribution is -2.31. The number of benzene rings is 10. The molecule has 3 heteroatoms. The van der Waals surface area contributed by atoms with Gasteiger partial charge in [-0.2, -0.15) is 0 Å². The molecule has 10 aromatic carbocycles. The molecular weight excluding hydrogens is 1300 g/mol.